The van der Waals surface area contributed by atoms with Gasteiger partial charge in [0.1, 0.15) is 4.90 Å². The molecule has 9 nitrogen and oxygen atoms in total. The number of nitrogens with zero attached hydrogens (tertiary/aromatic N) is 3. The minimum atomic E-state index is -4.01. The molecule has 11 heteroatoms. The van der Waals surface area contributed by atoms with Crippen LogP contribution in [-0.2, 0) is 24.4 Å². The van der Waals surface area contributed by atoms with Crippen molar-refractivity contribution in [1.82, 2.24) is 14.3 Å². The van der Waals surface area contributed by atoms with Crippen LogP contribution in [0.25, 0.3) is 0 Å². The summed E-state index contributed by atoms with van der Waals surface area (Å²) in [5, 5.41) is -0.00512. The zero-order valence-corrected chi connectivity index (χ0v) is 18.6. The van der Waals surface area contributed by atoms with Crippen molar-refractivity contribution in [3.05, 3.63) is 28.8 Å². The van der Waals surface area contributed by atoms with Crippen molar-refractivity contribution < 1.29 is 27.6 Å². The highest BCUT2D eigenvalue weighted by atomic mass is 35.5. The van der Waals surface area contributed by atoms with Gasteiger partial charge in [-0.05, 0) is 31.0 Å². The van der Waals surface area contributed by atoms with Crippen LogP contribution in [0, 0.1) is 5.92 Å². The third kappa shape index (κ3) is 4.78. The van der Waals surface area contributed by atoms with Crippen molar-refractivity contribution in [1.29, 1.82) is 0 Å². The number of amides is 2. The van der Waals surface area contributed by atoms with E-state index in [9.17, 15) is 18.0 Å². The van der Waals surface area contributed by atoms with Gasteiger partial charge in [-0.3, -0.25) is 14.4 Å². The standard InChI is InChI=1S/C19H26ClN3O6S/c1-21(28-2)30(26,27)17-12-14(5-6-16(17)20)18(24)23-7-3-4-15(13-23)19(25)22-8-10-29-11-9-22/h5-6,12,15H,3-4,7-11,13H2,1-2H3. The molecule has 2 fully saturated rings. The second-order valence-electron chi connectivity index (χ2n) is 7.27. The van der Waals surface area contributed by atoms with Gasteiger partial charge in [-0.15, -0.1) is 0 Å². The van der Waals surface area contributed by atoms with Gasteiger partial charge in [0.15, 0.2) is 0 Å². The molecule has 0 saturated carbocycles. The summed E-state index contributed by atoms with van der Waals surface area (Å²) in [6.45, 7) is 2.99. The number of likely N-dealkylation sites (tertiary alicyclic amines) is 1. The average Bonchev–Trinajstić information content (AvgIpc) is 2.78. The number of benzene rings is 1. The normalized spacial score (nSPS) is 20.5. The Kier molecular flexibility index (Phi) is 7.35. The van der Waals surface area contributed by atoms with Crippen molar-refractivity contribution in [2.45, 2.75) is 17.7 Å². The van der Waals surface area contributed by atoms with Gasteiger partial charge in [-0.25, -0.2) is 8.42 Å². The lowest BCUT2D eigenvalue weighted by Gasteiger charge is -2.36. The van der Waals surface area contributed by atoms with Crippen molar-refractivity contribution >= 4 is 33.4 Å². The summed E-state index contributed by atoms with van der Waals surface area (Å²) < 4.78 is 31.1. The molecule has 1 aromatic rings. The zero-order chi connectivity index (χ0) is 21.9. The van der Waals surface area contributed by atoms with Crippen LogP contribution >= 0.6 is 11.6 Å². The number of morpholine rings is 1. The summed E-state index contributed by atoms with van der Waals surface area (Å²) in [6, 6.07) is 4.12. The van der Waals surface area contributed by atoms with Crippen LogP contribution in [0.15, 0.2) is 23.1 Å². The van der Waals surface area contributed by atoms with Crippen LogP contribution in [0.3, 0.4) is 0 Å². The second kappa shape index (κ2) is 9.61. The molecule has 2 saturated heterocycles. The first kappa shape index (κ1) is 23.0. The highest BCUT2D eigenvalue weighted by Crippen LogP contribution is 2.27. The van der Waals surface area contributed by atoms with E-state index in [2.05, 4.69) is 0 Å². The average molecular weight is 460 g/mol. The number of carbonyl (C=O) groups excluding carboxylic acids is 2. The first-order valence-electron chi connectivity index (χ1n) is 9.74. The molecule has 2 amide bonds. The SMILES string of the molecule is CON(C)S(=O)(=O)c1cc(C(=O)N2CCCC(C(=O)N3CCOCC3)C2)ccc1Cl. The molecule has 2 heterocycles. The lowest BCUT2D eigenvalue weighted by molar-refractivity contribution is -0.141. The van der Waals surface area contributed by atoms with Gasteiger partial charge in [-0.2, -0.15) is 0 Å². The van der Waals surface area contributed by atoms with Crippen LogP contribution < -0.4 is 0 Å². The number of carbonyl (C=O) groups is 2. The second-order valence-corrected chi connectivity index (χ2v) is 9.58. The summed E-state index contributed by atoms with van der Waals surface area (Å²) in [7, 11) is -1.54. The molecule has 0 spiro atoms. The number of hydroxylamine groups is 1. The maximum absolute atomic E-state index is 13.1. The minimum Gasteiger partial charge on any atom is -0.378 e. The molecular formula is C19H26ClN3O6S. The number of sulfonamides is 1. The van der Waals surface area contributed by atoms with Crippen molar-refractivity contribution in [2.24, 2.45) is 5.92 Å². The number of ether oxygens (including phenoxy) is 1. The Morgan fingerprint density at radius 2 is 1.90 bits per heavy atom. The van der Waals surface area contributed by atoms with Gasteiger partial charge in [0.25, 0.3) is 15.9 Å². The fourth-order valence-electron chi connectivity index (χ4n) is 3.66. The number of piperidine rings is 1. The molecule has 0 aliphatic carbocycles. The largest absolute Gasteiger partial charge is 0.378 e. The van der Waals surface area contributed by atoms with E-state index >= 15 is 0 Å². The maximum Gasteiger partial charge on any atom is 0.266 e. The van der Waals surface area contributed by atoms with Crippen LogP contribution in [0.4, 0.5) is 0 Å². The molecule has 1 atom stereocenters. The van der Waals surface area contributed by atoms with Crippen molar-refractivity contribution in [3.8, 4) is 0 Å². The number of halogens is 1. The third-order valence-corrected chi connectivity index (χ3v) is 7.59. The molecule has 1 unspecified atom stereocenters. The lowest BCUT2D eigenvalue weighted by atomic mass is 9.95. The van der Waals surface area contributed by atoms with Crippen LogP contribution in [0.1, 0.15) is 23.2 Å². The van der Waals surface area contributed by atoms with E-state index < -0.39 is 10.0 Å². The summed E-state index contributed by atoms with van der Waals surface area (Å²) in [6.07, 6.45) is 1.43. The Labute approximate surface area is 181 Å². The number of rotatable bonds is 5. The Morgan fingerprint density at radius 3 is 2.57 bits per heavy atom. The smallest absolute Gasteiger partial charge is 0.266 e. The monoisotopic (exact) mass is 459 g/mol. The lowest BCUT2D eigenvalue weighted by Crippen LogP contribution is -2.49. The summed E-state index contributed by atoms with van der Waals surface area (Å²) in [5.41, 5.74) is 0.196. The van der Waals surface area contributed by atoms with E-state index in [1.54, 1.807) is 9.80 Å². The molecular weight excluding hydrogens is 434 g/mol. The first-order chi connectivity index (χ1) is 14.3. The molecule has 3 rings (SSSR count). The first-order valence-corrected chi connectivity index (χ1v) is 11.6. The van der Waals surface area contributed by atoms with Gasteiger partial charge < -0.3 is 14.5 Å². The molecule has 0 aromatic heterocycles. The minimum absolute atomic E-state index is 0.00512. The van der Waals surface area contributed by atoms with Gasteiger partial charge in [0.2, 0.25) is 5.91 Å². The molecule has 30 heavy (non-hydrogen) atoms. The number of hydrogen-bond acceptors (Lipinski definition) is 6. The summed E-state index contributed by atoms with van der Waals surface area (Å²) in [5.74, 6) is -0.560. The highest BCUT2D eigenvalue weighted by molar-refractivity contribution is 7.89. The predicted molar refractivity (Wildman–Crippen MR) is 109 cm³/mol. The van der Waals surface area contributed by atoms with Crippen LogP contribution in [-0.4, -0.2) is 88.1 Å². The topological polar surface area (TPSA) is 96.5 Å². The Bertz CT molecular complexity index is 904. The summed E-state index contributed by atoms with van der Waals surface area (Å²) in [4.78, 5) is 33.8. The maximum atomic E-state index is 13.1. The van der Waals surface area contributed by atoms with Gasteiger partial charge >= 0.3 is 0 Å². The molecule has 1 aromatic carbocycles. The van der Waals surface area contributed by atoms with E-state index in [0.29, 0.717) is 50.3 Å². The van der Waals surface area contributed by atoms with Crippen LogP contribution in [0.2, 0.25) is 5.02 Å². The summed E-state index contributed by atoms with van der Waals surface area (Å²) >= 11 is 6.08. The van der Waals surface area contributed by atoms with E-state index in [-0.39, 0.29) is 33.2 Å². The Hall–Kier alpha value is -1.72. The van der Waals surface area contributed by atoms with E-state index in [0.717, 1.165) is 6.42 Å². The van der Waals surface area contributed by atoms with Crippen molar-refractivity contribution in [3.63, 3.8) is 0 Å². The fourth-order valence-corrected chi connectivity index (χ4v) is 5.13. The van der Waals surface area contributed by atoms with Gasteiger partial charge in [-0.1, -0.05) is 16.1 Å². The molecule has 166 valence electrons. The predicted octanol–water partition coefficient (Wildman–Crippen LogP) is 1.23. The van der Waals surface area contributed by atoms with Crippen molar-refractivity contribution in [2.75, 3.05) is 53.6 Å². The molecule has 0 bridgehead atoms. The fraction of sp³-hybridized carbons (Fsp3) is 0.579. The van der Waals surface area contributed by atoms with Gasteiger partial charge in [0, 0.05) is 38.8 Å². The molecule has 2 aliphatic rings. The zero-order valence-electron chi connectivity index (χ0n) is 17.0. The Balaban J connectivity index is 1.77. The van der Waals surface area contributed by atoms with Crippen LogP contribution in [0.5, 0.6) is 0 Å². The third-order valence-electron chi connectivity index (χ3n) is 5.43. The molecule has 0 radical (unpaired) electrons. The van der Waals surface area contributed by atoms with E-state index in [1.165, 1.54) is 32.4 Å². The van der Waals surface area contributed by atoms with Gasteiger partial charge in [0.05, 0.1) is 31.3 Å². The quantitative estimate of drug-likeness (QED) is 0.614. The van der Waals surface area contributed by atoms with E-state index in [1.807, 2.05) is 0 Å². The van der Waals surface area contributed by atoms with E-state index in [4.69, 9.17) is 21.2 Å². The molecule has 2 aliphatic heterocycles. The Morgan fingerprint density at radius 1 is 1.20 bits per heavy atom. The number of hydrogen-bond donors (Lipinski definition) is 0. The molecule has 0 N–H and O–H groups in total. The highest BCUT2D eigenvalue weighted by Gasteiger charge is 2.33.